The van der Waals surface area contributed by atoms with E-state index < -0.39 is 0 Å². The van der Waals surface area contributed by atoms with Gasteiger partial charge >= 0.3 is 0 Å². The molecule has 3 aromatic rings. The van der Waals surface area contributed by atoms with Gasteiger partial charge in [-0.1, -0.05) is 15.8 Å². The van der Waals surface area contributed by atoms with Gasteiger partial charge in [0.2, 0.25) is 0 Å². The number of hydrogen-bond acceptors (Lipinski definition) is 8. The molecule has 7 nitrogen and oxygen atoms in total. The number of morpholine rings is 1. The normalized spacial score (nSPS) is 15.3. The minimum absolute atomic E-state index is 0.171. The van der Waals surface area contributed by atoms with Crippen LogP contribution in [0.1, 0.15) is 15.4 Å². The maximum atomic E-state index is 13.5. The lowest BCUT2D eigenvalue weighted by molar-refractivity contribution is 0.0391. The van der Waals surface area contributed by atoms with Gasteiger partial charge in [-0.25, -0.2) is 9.37 Å². The van der Waals surface area contributed by atoms with Crippen molar-refractivity contribution in [3.05, 3.63) is 34.6 Å². The van der Waals surface area contributed by atoms with Crippen LogP contribution < -0.4 is 4.90 Å². The zero-order valence-electron chi connectivity index (χ0n) is 14.7. The van der Waals surface area contributed by atoms with Crippen molar-refractivity contribution in [1.29, 1.82) is 0 Å². The Hall–Kier alpha value is -2.01. The Bertz CT molecular complexity index is 954. The predicted octanol–water partition coefficient (Wildman–Crippen LogP) is 2.57. The van der Waals surface area contributed by atoms with E-state index in [4.69, 9.17) is 4.74 Å². The van der Waals surface area contributed by atoms with Gasteiger partial charge in [0.1, 0.15) is 10.7 Å². The fourth-order valence-corrected chi connectivity index (χ4v) is 4.52. The van der Waals surface area contributed by atoms with Crippen molar-refractivity contribution in [3.8, 4) is 0 Å². The van der Waals surface area contributed by atoms with Crippen LogP contribution in [0.3, 0.4) is 0 Å². The monoisotopic (exact) mass is 407 g/mol. The molecule has 0 radical (unpaired) electrons. The molecule has 1 fully saturated rings. The molecule has 1 amide bonds. The van der Waals surface area contributed by atoms with E-state index in [0.29, 0.717) is 52.2 Å². The molecule has 4 rings (SSSR count). The van der Waals surface area contributed by atoms with Crippen molar-refractivity contribution in [3.63, 3.8) is 0 Å². The van der Waals surface area contributed by atoms with Gasteiger partial charge in [-0.05, 0) is 36.7 Å². The Morgan fingerprint density at radius 2 is 2.19 bits per heavy atom. The average molecular weight is 407 g/mol. The van der Waals surface area contributed by atoms with E-state index in [2.05, 4.69) is 19.5 Å². The molecule has 10 heteroatoms. The van der Waals surface area contributed by atoms with Gasteiger partial charge in [0.25, 0.3) is 5.91 Å². The second-order valence-electron chi connectivity index (χ2n) is 6.21. The Labute approximate surface area is 163 Å². The number of amides is 1. The molecule has 1 aliphatic heterocycles. The maximum Gasteiger partial charge on any atom is 0.273 e. The molecule has 0 unspecified atom stereocenters. The summed E-state index contributed by atoms with van der Waals surface area (Å²) in [7, 11) is 0. The number of nitrogens with zero attached hydrogens (tertiary/aromatic N) is 5. The molecule has 1 saturated heterocycles. The summed E-state index contributed by atoms with van der Waals surface area (Å²) in [6, 6.07) is 4.46. The minimum atomic E-state index is -0.314. The lowest BCUT2D eigenvalue weighted by atomic mass is 10.3. The van der Waals surface area contributed by atoms with E-state index in [1.54, 1.807) is 17.9 Å². The number of hydrogen-bond donors (Lipinski definition) is 0. The van der Waals surface area contributed by atoms with Gasteiger partial charge < -0.3 is 4.74 Å². The number of carbonyl (C=O) groups is 1. The Balaban J connectivity index is 1.63. The van der Waals surface area contributed by atoms with Crippen molar-refractivity contribution in [2.45, 2.75) is 6.92 Å². The molecule has 0 bridgehead atoms. The van der Waals surface area contributed by atoms with Crippen LogP contribution in [0.25, 0.3) is 10.2 Å². The zero-order valence-corrected chi connectivity index (χ0v) is 16.4. The third-order valence-electron chi connectivity index (χ3n) is 4.40. The fraction of sp³-hybridized carbons (Fsp3) is 0.412. The van der Waals surface area contributed by atoms with Crippen molar-refractivity contribution in [2.24, 2.45) is 0 Å². The summed E-state index contributed by atoms with van der Waals surface area (Å²) in [5.74, 6) is -0.485. The van der Waals surface area contributed by atoms with Crippen LogP contribution in [0.2, 0.25) is 0 Å². The van der Waals surface area contributed by atoms with Crippen LogP contribution in [0.4, 0.5) is 9.52 Å². The minimum Gasteiger partial charge on any atom is -0.379 e. The number of thiazole rings is 1. The summed E-state index contributed by atoms with van der Waals surface area (Å²) >= 11 is 2.39. The first-order chi connectivity index (χ1) is 13.1. The smallest absolute Gasteiger partial charge is 0.273 e. The number of fused-ring (bicyclic) bond motifs is 1. The molecular weight excluding hydrogens is 389 g/mol. The highest BCUT2D eigenvalue weighted by molar-refractivity contribution is 7.22. The Morgan fingerprint density at radius 3 is 2.93 bits per heavy atom. The molecular formula is C17H18FN5O2S2. The number of carbonyl (C=O) groups excluding carboxylic acids is 1. The lowest BCUT2D eigenvalue weighted by Gasteiger charge is -2.29. The standard InChI is InChI=1S/C17H18FN5O2S2/c1-11-15(27-21-20-11)16(24)23(5-4-22-6-8-25-9-7-22)17-19-13-3-2-12(18)10-14(13)26-17/h2-3,10H,4-9H2,1H3. The number of aryl methyl sites for hydroxylation is 1. The summed E-state index contributed by atoms with van der Waals surface area (Å²) in [5, 5.41) is 4.50. The molecule has 2 aromatic heterocycles. The molecule has 142 valence electrons. The van der Waals surface area contributed by atoms with E-state index in [0.717, 1.165) is 24.6 Å². The summed E-state index contributed by atoms with van der Waals surface area (Å²) in [4.78, 5) is 22.1. The second kappa shape index (κ2) is 7.93. The number of benzene rings is 1. The average Bonchev–Trinajstić information content (AvgIpc) is 3.28. The van der Waals surface area contributed by atoms with Crippen LogP contribution in [-0.4, -0.2) is 64.8 Å². The van der Waals surface area contributed by atoms with E-state index >= 15 is 0 Å². The van der Waals surface area contributed by atoms with Gasteiger partial charge in [0.05, 0.1) is 29.1 Å². The van der Waals surface area contributed by atoms with Crippen LogP contribution in [-0.2, 0) is 4.74 Å². The molecule has 1 aliphatic rings. The number of halogens is 1. The number of anilines is 1. The summed E-state index contributed by atoms with van der Waals surface area (Å²) in [6.45, 7) is 6.05. The lowest BCUT2D eigenvalue weighted by Crippen LogP contribution is -2.43. The van der Waals surface area contributed by atoms with Crippen LogP contribution in [0.5, 0.6) is 0 Å². The molecule has 0 atom stereocenters. The quantitative estimate of drug-likeness (QED) is 0.647. The van der Waals surface area contributed by atoms with Crippen molar-refractivity contribution in [1.82, 2.24) is 19.5 Å². The van der Waals surface area contributed by atoms with Crippen LogP contribution in [0.15, 0.2) is 18.2 Å². The summed E-state index contributed by atoms with van der Waals surface area (Å²) in [6.07, 6.45) is 0. The fourth-order valence-electron chi connectivity index (χ4n) is 2.90. The maximum absolute atomic E-state index is 13.5. The second-order valence-corrected chi connectivity index (χ2v) is 7.97. The molecule has 3 heterocycles. The number of ether oxygens (including phenoxy) is 1. The molecule has 1 aromatic carbocycles. The topological polar surface area (TPSA) is 71.5 Å². The highest BCUT2D eigenvalue weighted by Gasteiger charge is 2.26. The molecule has 27 heavy (non-hydrogen) atoms. The molecule has 0 saturated carbocycles. The first-order valence-corrected chi connectivity index (χ1v) is 10.2. The van der Waals surface area contributed by atoms with Gasteiger partial charge in [-0.3, -0.25) is 14.6 Å². The molecule has 0 spiro atoms. The van der Waals surface area contributed by atoms with E-state index in [9.17, 15) is 9.18 Å². The largest absolute Gasteiger partial charge is 0.379 e. The van der Waals surface area contributed by atoms with Crippen molar-refractivity contribution >= 4 is 44.1 Å². The van der Waals surface area contributed by atoms with Crippen molar-refractivity contribution in [2.75, 3.05) is 44.3 Å². The molecule has 0 N–H and O–H groups in total. The summed E-state index contributed by atoms with van der Waals surface area (Å²) in [5.41, 5.74) is 1.29. The van der Waals surface area contributed by atoms with Gasteiger partial charge in [0, 0.05) is 26.2 Å². The third-order valence-corrected chi connectivity index (χ3v) is 6.26. The van der Waals surface area contributed by atoms with Crippen molar-refractivity contribution < 1.29 is 13.9 Å². The Kier molecular flexibility index (Phi) is 5.39. The van der Waals surface area contributed by atoms with E-state index in [1.807, 2.05) is 0 Å². The number of aromatic nitrogens is 3. The highest BCUT2D eigenvalue weighted by Crippen LogP contribution is 2.31. The van der Waals surface area contributed by atoms with Crippen LogP contribution >= 0.6 is 22.9 Å². The van der Waals surface area contributed by atoms with Gasteiger partial charge in [-0.2, -0.15) is 0 Å². The predicted molar refractivity (Wildman–Crippen MR) is 103 cm³/mol. The SMILES string of the molecule is Cc1nnsc1C(=O)N(CCN1CCOCC1)c1nc2ccc(F)cc2s1. The number of rotatable bonds is 5. The third kappa shape index (κ3) is 3.98. The first kappa shape index (κ1) is 18.4. The van der Waals surface area contributed by atoms with Crippen LogP contribution in [0, 0.1) is 12.7 Å². The van der Waals surface area contributed by atoms with Gasteiger partial charge in [0.15, 0.2) is 5.13 Å². The summed E-state index contributed by atoms with van der Waals surface area (Å²) < 4.78 is 23.5. The highest BCUT2D eigenvalue weighted by atomic mass is 32.1. The van der Waals surface area contributed by atoms with Gasteiger partial charge in [-0.15, -0.1) is 5.10 Å². The first-order valence-electron chi connectivity index (χ1n) is 8.59. The zero-order chi connectivity index (χ0) is 18.8. The van der Waals surface area contributed by atoms with E-state index in [1.165, 1.54) is 23.5 Å². The Morgan fingerprint density at radius 1 is 1.37 bits per heavy atom. The molecule has 0 aliphatic carbocycles. The van der Waals surface area contributed by atoms with E-state index in [-0.39, 0.29) is 11.7 Å².